The van der Waals surface area contributed by atoms with Crippen molar-refractivity contribution in [1.29, 1.82) is 0 Å². The average molecular weight is 309 g/mol. The fraction of sp³-hybridized carbons (Fsp3) is 0.0714. The summed E-state index contributed by atoms with van der Waals surface area (Å²) in [4.78, 5) is 3.09. The van der Waals surface area contributed by atoms with Crippen LogP contribution in [0, 0.1) is 10.6 Å². The van der Waals surface area contributed by atoms with Crippen LogP contribution in [-0.2, 0) is 0 Å². The zero-order chi connectivity index (χ0) is 14.3. The molecule has 0 aliphatic rings. The van der Waals surface area contributed by atoms with Gasteiger partial charge in [-0.15, -0.1) is 0 Å². The molecule has 0 saturated carbocycles. The molecule has 1 heterocycles. The van der Waals surface area contributed by atoms with E-state index in [-0.39, 0.29) is 5.82 Å². The highest BCUT2D eigenvalue weighted by molar-refractivity contribution is 7.71. The molecule has 6 heteroatoms. The van der Waals surface area contributed by atoms with Crippen LogP contribution in [0.25, 0.3) is 16.7 Å². The lowest BCUT2D eigenvalue weighted by molar-refractivity contribution is 0.415. The summed E-state index contributed by atoms with van der Waals surface area (Å²) in [6, 6.07) is 9.77. The maximum absolute atomic E-state index is 13.2. The summed E-state index contributed by atoms with van der Waals surface area (Å²) < 4.78 is 20.6. The quantitative estimate of drug-likeness (QED) is 0.707. The van der Waals surface area contributed by atoms with Gasteiger partial charge < -0.3 is 9.72 Å². The van der Waals surface area contributed by atoms with Crippen molar-refractivity contribution in [3.63, 3.8) is 0 Å². The predicted octanol–water partition coefficient (Wildman–Crippen LogP) is 4.49. The summed E-state index contributed by atoms with van der Waals surface area (Å²) in [5.74, 6) is 0.321. The molecule has 3 nitrogen and oxygen atoms in total. The molecule has 0 atom stereocenters. The molecule has 20 heavy (non-hydrogen) atoms. The number of aromatic amines is 1. The fourth-order valence-electron chi connectivity index (χ4n) is 2.11. The number of aromatic nitrogens is 2. The Balaban J connectivity index is 2.34. The van der Waals surface area contributed by atoms with E-state index in [1.807, 2.05) is 18.2 Å². The molecule has 0 fully saturated rings. The molecule has 0 aliphatic carbocycles. The Labute approximate surface area is 124 Å². The molecular weight excluding hydrogens is 299 g/mol. The lowest BCUT2D eigenvalue weighted by atomic mass is 10.2. The summed E-state index contributed by atoms with van der Waals surface area (Å²) in [6.45, 7) is 0. The standard InChI is InChI=1S/C14H10ClFN2OS/c1-19-9-3-4-11-13(7-9)18(14(20)17-11)12-5-2-8(16)6-10(12)15/h2-7H,1H3,(H,17,20). The second-order valence-electron chi connectivity index (χ2n) is 4.24. The number of nitrogens with zero attached hydrogens (tertiary/aromatic N) is 1. The van der Waals surface area contributed by atoms with Gasteiger partial charge in [0.15, 0.2) is 4.77 Å². The first-order valence-corrected chi connectivity index (χ1v) is 6.63. The molecule has 0 aliphatic heterocycles. The summed E-state index contributed by atoms with van der Waals surface area (Å²) in [5.41, 5.74) is 2.30. The molecule has 0 bridgehead atoms. The largest absolute Gasteiger partial charge is 0.497 e. The Hall–Kier alpha value is -1.85. The number of H-pyrrole nitrogens is 1. The van der Waals surface area contributed by atoms with E-state index >= 15 is 0 Å². The van der Waals surface area contributed by atoms with E-state index in [0.29, 0.717) is 21.2 Å². The zero-order valence-corrected chi connectivity index (χ0v) is 12.1. The first-order valence-electron chi connectivity index (χ1n) is 5.84. The van der Waals surface area contributed by atoms with E-state index in [9.17, 15) is 4.39 Å². The molecule has 1 N–H and O–H groups in total. The Morgan fingerprint density at radius 2 is 2.05 bits per heavy atom. The van der Waals surface area contributed by atoms with Crippen molar-refractivity contribution >= 4 is 34.9 Å². The van der Waals surface area contributed by atoms with Gasteiger partial charge in [0, 0.05) is 6.07 Å². The van der Waals surface area contributed by atoms with Crippen LogP contribution in [0.2, 0.25) is 5.02 Å². The number of nitrogens with one attached hydrogen (secondary N) is 1. The number of methoxy groups -OCH3 is 1. The monoisotopic (exact) mass is 308 g/mol. The minimum absolute atomic E-state index is 0.296. The maximum atomic E-state index is 13.2. The van der Waals surface area contributed by atoms with Crippen molar-refractivity contribution in [3.05, 3.63) is 52.0 Å². The third kappa shape index (κ3) is 2.09. The number of hydrogen-bond acceptors (Lipinski definition) is 2. The van der Waals surface area contributed by atoms with E-state index in [0.717, 1.165) is 11.0 Å². The van der Waals surface area contributed by atoms with Gasteiger partial charge in [-0.05, 0) is 42.5 Å². The SMILES string of the molecule is COc1ccc2[nH]c(=S)n(-c3ccc(F)cc3Cl)c2c1. The lowest BCUT2D eigenvalue weighted by Crippen LogP contribution is -1.96. The van der Waals surface area contributed by atoms with E-state index in [2.05, 4.69) is 4.98 Å². The second kappa shape index (κ2) is 4.92. The van der Waals surface area contributed by atoms with E-state index < -0.39 is 0 Å². The zero-order valence-electron chi connectivity index (χ0n) is 10.5. The Morgan fingerprint density at radius 3 is 2.75 bits per heavy atom. The average Bonchev–Trinajstić information content (AvgIpc) is 2.74. The van der Waals surface area contributed by atoms with E-state index in [1.165, 1.54) is 12.1 Å². The van der Waals surface area contributed by atoms with Gasteiger partial charge >= 0.3 is 0 Å². The van der Waals surface area contributed by atoms with Crippen molar-refractivity contribution in [2.24, 2.45) is 0 Å². The second-order valence-corrected chi connectivity index (χ2v) is 5.04. The van der Waals surface area contributed by atoms with Gasteiger partial charge in [-0.1, -0.05) is 11.6 Å². The molecule has 102 valence electrons. The third-order valence-corrected chi connectivity index (χ3v) is 3.63. The van der Waals surface area contributed by atoms with Gasteiger partial charge in [-0.2, -0.15) is 0 Å². The van der Waals surface area contributed by atoms with Crippen LogP contribution in [0.15, 0.2) is 36.4 Å². The topological polar surface area (TPSA) is 29.9 Å². The number of ether oxygens (including phenoxy) is 1. The van der Waals surface area contributed by atoms with Crippen LogP contribution in [0.4, 0.5) is 4.39 Å². The third-order valence-electron chi connectivity index (χ3n) is 3.04. The van der Waals surface area contributed by atoms with Crippen LogP contribution in [-0.4, -0.2) is 16.7 Å². The van der Waals surface area contributed by atoms with Gasteiger partial charge in [-0.25, -0.2) is 4.39 Å². The number of rotatable bonds is 2. The molecule has 0 saturated heterocycles. The highest BCUT2D eigenvalue weighted by atomic mass is 35.5. The Bertz CT molecular complexity index is 856. The minimum Gasteiger partial charge on any atom is -0.497 e. The molecule has 0 amide bonds. The number of imidazole rings is 1. The van der Waals surface area contributed by atoms with Crippen LogP contribution in [0.5, 0.6) is 5.75 Å². The van der Waals surface area contributed by atoms with Crippen molar-refractivity contribution in [2.75, 3.05) is 7.11 Å². The minimum atomic E-state index is -0.386. The van der Waals surface area contributed by atoms with Crippen LogP contribution < -0.4 is 4.74 Å². The van der Waals surface area contributed by atoms with E-state index in [1.54, 1.807) is 17.7 Å². The molecule has 3 rings (SSSR count). The first-order chi connectivity index (χ1) is 9.60. The molecule has 0 radical (unpaired) electrons. The number of fused-ring (bicyclic) bond motifs is 1. The Kier molecular flexibility index (Phi) is 3.23. The summed E-state index contributed by atoms with van der Waals surface area (Å²) >= 11 is 11.4. The molecule has 1 aromatic heterocycles. The first kappa shape index (κ1) is 13.1. The van der Waals surface area contributed by atoms with Crippen LogP contribution in [0.1, 0.15) is 0 Å². The number of hydrogen-bond donors (Lipinski definition) is 1. The van der Waals surface area contributed by atoms with Crippen molar-refractivity contribution in [3.8, 4) is 11.4 Å². The highest BCUT2D eigenvalue weighted by Crippen LogP contribution is 2.28. The van der Waals surface area contributed by atoms with Gasteiger partial charge in [0.1, 0.15) is 11.6 Å². The lowest BCUT2D eigenvalue weighted by Gasteiger charge is -2.08. The van der Waals surface area contributed by atoms with Crippen molar-refractivity contribution in [2.45, 2.75) is 0 Å². The van der Waals surface area contributed by atoms with Gasteiger partial charge in [0.2, 0.25) is 0 Å². The number of halogens is 2. The summed E-state index contributed by atoms with van der Waals surface area (Å²) in [7, 11) is 1.59. The maximum Gasteiger partial charge on any atom is 0.182 e. The highest BCUT2D eigenvalue weighted by Gasteiger charge is 2.11. The van der Waals surface area contributed by atoms with Gasteiger partial charge in [0.05, 0.1) is 28.9 Å². The van der Waals surface area contributed by atoms with Crippen molar-refractivity contribution in [1.82, 2.24) is 9.55 Å². The fourth-order valence-corrected chi connectivity index (χ4v) is 2.67. The van der Waals surface area contributed by atoms with Gasteiger partial charge in [0.25, 0.3) is 0 Å². The molecule has 3 aromatic rings. The Morgan fingerprint density at radius 1 is 1.25 bits per heavy atom. The van der Waals surface area contributed by atoms with Crippen LogP contribution in [0.3, 0.4) is 0 Å². The number of benzene rings is 2. The summed E-state index contributed by atoms with van der Waals surface area (Å²) in [5, 5.41) is 0.296. The normalized spacial score (nSPS) is 10.9. The molecule has 2 aromatic carbocycles. The smallest absolute Gasteiger partial charge is 0.182 e. The molecular formula is C14H10ClFN2OS. The van der Waals surface area contributed by atoms with Crippen molar-refractivity contribution < 1.29 is 9.13 Å². The molecule has 0 spiro atoms. The van der Waals surface area contributed by atoms with Crippen LogP contribution >= 0.6 is 23.8 Å². The predicted molar refractivity (Wildman–Crippen MR) is 80.0 cm³/mol. The summed E-state index contributed by atoms with van der Waals surface area (Å²) in [6.07, 6.45) is 0. The molecule has 0 unspecified atom stereocenters. The van der Waals surface area contributed by atoms with Gasteiger partial charge in [-0.3, -0.25) is 4.57 Å². The van der Waals surface area contributed by atoms with E-state index in [4.69, 9.17) is 28.6 Å².